The van der Waals surface area contributed by atoms with E-state index in [9.17, 15) is 8.42 Å². The van der Waals surface area contributed by atoms with Crippen molar-refractivity contribution in [1.29, 1.82) is 0 Å². The van der Waals surface area contributed by atoms with Crippen LogP contribution in [0.1, 0.15) is 16.6 Å². The Morgan fingerprint density at radius 3 is 2.78 bits per heavy atom. The van der Waals surface area contributed by atoms with E-state index in [2.05, 4.69) is 10.3 Å². The Kier molecular flexibility index (Phi) is 6.05. The molecule has 1 aliphatic rings. The van der Waals surface area contributed by atoms with E-state index in [1.165, 1.54) is 21.8 Å². The summed E-state index contributed by atoms with van der Waals surface area (Å²) in [5, 5.41) is 4.56. The van der Waals surface area contributed by atoms with Crippen LogP contribution < -0.4 is 5.32 Å². The van der Waals surface area contributed by atoms with Crippen LogP contribution in [-0.4, -0.2) is 37.3 Å². The molecule has 1 aromatic carbocycles. The fourth-order valence-corrected chi connectivity index (χ4v) is 5.67. The molecule has 0 aliphatic carbocycles. The minimum absolute atomic E-state index is 0. The van der Waals surface area contributed by atoms with Gasteiger partial charge >= 0.3 is 0 Å². The third-order valence-electron chi connectivity index (χ3n) is 3.62. The Hall–Kier alpha value is -0.700. The third kappa shape index (κ3) is 3.70. The Morgan fingerprint density at radius 1 is 1.39 bits per heavy atom. The number of hydrogen-bond acceptors (Lipinski definition) is 5. The first-order chi connectivity index (χ1) is 10.5. The van der Waals surface area contributed by atoms with Crippen LogP contribution in [0.4, 0.5) is 0 Å². The first kappa shape index (κ1) is 18.6. The monoisotopic (exact) mass is 393 g/mol. The molecule has 0 amide bonds. The van der Waals surface area contributed by atoms with Crippen LogP contribution in [0.15, 0.2) is 34.7 Å². The van der Waals surface area contributed by atoms with Crippen molar-refractivity contribution < 1.29 is 8.42 Å². The third-order valence-corrected chi connectivity index (χ3v) is 7.22. The average Bonchev–Trinajstić information content (AvgIpc) is 2.95. The zero-order chi connectivity index (χ0) is 15.7. The number of rotatable bonds is 3. The van der Waals surface area contributed by atoms with E-state index < -0.39 is 10.0 Å². The largest absolute Gasteiger partial charge is 0.313 e. The second-order valence-corrected chi connectivity index (χ2v) is 8.81. The van der Waals surface area contributed by atoms with Gasteiger partial charge in [0.2, 0.25) is 0 Å². The summed E-state index contributed by atoms with van der Waals surface area (Å²) in [6, 6.07) is 7.06. The summed E-state index contributed by atoms with van der Waals surface area (Å²) in [5.74, 6) is 0. The molecule has 0 spiro atoms. The van der Waals surface area contributed by atoms with Crippen molar-refractivity contribution >= 4 is 45.4 Å². The lowest BCUT2D eigenvalue weighted by molar-refractivity contribution is 0.272. The van der Waals surface area contributed by atoms with Crippen LogP contribution in [0.5, 0.6) is 0 Å². The summed E-state index contributed by atoms with van der Waals surface area (Å²) in [7, 11) is -3.56. The Bertz CT molecular complexity index is 780. The van der Waals surface area contributed by atoms with Crippen molar-refractivity contribution in [3.8, 4) is 0 Å². The number of aryl methyl sites for hydroxylation is 1. The van der Waals surface area contributed by atoms with E-state index in [0.29, 0.717) is 24.7 Å². The molecule has 0 radical (unpaired) electrons. The van der Waals surface area contributed by atoms with Gasteiger partial charge in [-0.05, 0) is 18.6 Å². The summed E-state index contributed by atoms with van der Waals surface area (Å²) in [4.78, 5) is 4.06. The van der Waals surface area contributed by atoms with Crippen molar-refractivity contribution in [3.05, 3.63) is 46.1 Å². The first-order valence-corrected chi connectivity index (χ1v) is 9.53. The van der Waals surface area contributed by atoms with Gasteiger partial charge in [0.25, 0.3) is 10.0 Å². The van der Waals surface area contributed by atoms with Crippen LogP contribution in [0.2, 0.25) is 5.02 Å². The maximum atomic E-state index is 12.9. The molecule has 0 saturated carbocycles. The van der Waals surface area contributed by atoms with Gasteiger partial charge in [-0.1, -0.05) is 29.8 Å². The smallest absolute Gasteiger partial charge is 0.254 e. The number of piperazine rings is 1. The first-order valence-electron chi connectivity index (χ1n) is 6.89. The molecule has 1 aliphatic heterocycles. The molecule has 23 heavy (non-hydrogen) atoms. The second-order valence-electron chi connectivity index (χ2n) is 5.06. The Balaban J connectivity index is 0.00000192. The predicted octanol–water partition coefficient (Wildman–Crippen LogP) is 2.86. The van der Waals surface area contributed by atoms with Crippen molar-refractivity contribution in [2.24, 2.45) is 0 Å². The van der Waals surface area contributed by atoms with Gasteiger partial charge in [-0.25, -0.2) is 13.4 Å². The molecule has 1 unspecified atom stereocenters. The molecule has 126 valence electrons. The lowest BCUT2D eigenvalue weighted by Gasteiger charge is -2.35. The van der Waals surface area contributed by atoms with Gasteiger partial charge < -0.3 is 5.32 Å². The summed E-state index contributed by atoms with van der Waals surface area (Å²) in [6.45, 7) is 3.38. The van der Waals surface area contributed by atoms with Crippen molar-refractivity contribution in [2.45, 2.75) is 17.2 Å². The number of nitrogens with one attached hydrogen (secondary N) is 1. The number of halogens is 2. The molecule has 1 aromatic heterocycles. The fraction of sp³-hybridized carbons (Fsp3) is 0.357. The maximum Gasteiger partial charge on any atom is 0.254 e. The van der Waals surface area contributed by atoms with E-state index in [4.69, 9.17) is 11.6 Å². The van der Waals surface area contributed by atoms with Gasteiger partial charge in [0, 0.05) is 24.7 Å². The molecule has 2 heterocycles. The van der Waals surface area contributed by atoms with Crippen LogP contribution >= 0.6 is 35.3 Å². The molecule has 1 atom stereocenters. The number of nitrogens with zero attached hydrogens (tertiary/aromatic N) is 2. The summed E-state index contributed by atoms with van der Waals surface area (Å²) >= 11 is 7.46. The van der Waals surface area contributed by atoms with Gasteiger partial charge in [-0.15, -0.1) is 23.7 Å². The molecule has 9 heteroatoms. The minimum atomic E-state index is -3.56. The standard InChI is InChI=1S/C14H16ClN3O2S2.ClH/c1-10-17-9-14(21-10)22(19,20)18-7-6-16-8-13(18)11-4-2-3-5-12(11)15;/h2-5,9,13,16H,6-8H2,1H3;1H. The Morgan fingerprint density at radius 2 is 2.13 bits per heavy atom. The van der Waals surface area contributed by atoms with Crippen LogP contribution in [-0.2, 0) is 10.0 Å². The quantitative estimate of drug-likeness (QED) is 0.870. The van der Waals surface area contributed by atoms with Gasteiger partial charge in [-0.3, -0.25) is 0 Å². The van der Waals surface area contributed by atoms with Gasteiger partial charge in [0.05, 0.1) is 17.2 Å². The molecule has 3 rings (SSSR count). The fourth-order valence-electron chi connectivity index (χ4n) is 2.56. The topological polar surface area (TPSA) is 62.3 Å². The molecule has 1 fully saturated rings. The SMILES string of the molecule is Cc1ncc(S(=O)(=O)N2CCNCC2c2ccccc2Cl)s1.Cl. The van der Waals surface area contributed by atoms with Crippen molar-refractivity contribution in [2.75, 3.05) is 19.6 Å². The zero-order valence-electron chi connectivity index (χ0n) is 12.4. The Labute approximate surface area is 151 Å². The maximum absolute atomic E-state index is 12.9. The molecule has 0 bridgehead atoms. The van der Waals surface area contributed by atoms with Gasteiger partial charge in [-0.2, -0.15) is 4.31 Å². The lowest BCUT2D eigenvalue weighted by atomic mass is 10.1. The second kappa shape index (κ2) is 7.46. The van der Waals surface area contributed by atoms with E-state index in [-0.39, 0.29) is 22.7 Å². The van der Waals surface area contributed by atoms with Gasteiger partial charge in [0.1, 0.15) is 0 Å². The van der Waals surface area contributed by atoms with Crippen LogP contribution in [0, 0.1) is 6.92 Å². The highest BCUT2D eigenvalue weighted by Gasteiger charge is 2.36. The van der Waals surface area contributed by atoms with E-state index in [1.54, 1.807) is 13.0 Å². The highest BCUT2D eigenvalue weighted by atomic mass is 35.5. The number of sulfonamides is 1. The molecular formula is C14H17Cl2N3O2S2. The number of benzene rings is 1. The average molecular weight is 394 g/mol. The number of hydrogen-bond donors (Lipinski definition) is 1. The highest BCUT2D eigenvalue weighted by molar-refractivity contribution is 7.91. The summed E-state index contributed by atoms with van der Waals surface area (Å²) < 4.78 is 27.6. The normalized spacial score (nSPS) is 19.3. The molecule has 1 saturated heterocycles. The molecule has 5 nitrogen and oxygen atoms in total. The van der Waals surface area contributed by atoms with E-state index >= 15 is 0 Å². The van der Waals surface area contributed by atoms with Crippen LogP contribution in [0.25, 0.3) is 0 Å². The van der Waals surface area contributed by atoms with Crippen molar-refractivity contribution in [3.63, 3.8) is 0 Å². The van der Waals surface area contributed by atoms with E-state index in [0.717, 1.165) is 10.6 Å². The summed E-state index contributed by atoms with van der Waals surface area (Å²) in [6.07, 6.45) is 1.43. The highest BCUT2D eigenvalue weighted by Crippen LogP contribution is 2.33. The molecule has 1 N–H and O–H groups in total. The van der Waals surface area contributed by atoms with Gasteiger partial charge in [0.15, 0.2) is 4.21 Å². The number of thiazole rings is 1. The number of aromatic nitrogens is 1. The summed E-state index contributed by atoms with van der Waals surface area (Å²) in [5.41, 5.74) is 0.821. The zero-order valence-corrected chi connectivity index (χ0v) is 15.6. The lowest BCUT2D eigenvalue weighted by Crippen LogP contribution is -2.48. The van der Waals surface area contributed by atoms with Crippen LogP contribution in [0.3, 0.4) is 0 Å². The predicted molar refractivity (Wildman–Crippen MR) is 95.1 cm³/mol. The van der Waals surface area contributed by atoms with Crippen molar-refractivity contribution in [1.82, 2.24) is 14.6 Å². The molecule has 2 aromatic rings. The van der Waals surface area contributed by atoms with E-state index in [1.807, 2.05) is 18.2 Å². The minimum Gasteiger partial charge on any atom is -0.313 e. The molecular weight excluding hydrogens is 377 g/mol.